The summed E-state index contributed by atoms with van der Waals surface area (Å²) in [6.07, 6.45) is -7.37. The topological polar surface area (TPSA) is 437 Å². The van der Waals surface area contributed by atoms with Gasteiger partial charge in [0, 0.05) is 0 Å². The van der Waals surface area contributed by atoms with Crippen LogP contribution in [0.5, 0.6) is 0 Å². The zero-order valence-corrected chi connectivity index (χ0v) is 29.8. The maximum atomic E-state index is 12.6. The maximum absolute atomic E-state index is 12.6. The number of nitrogens with zero attached hydrogens (tertiary/aromatic N) is 6. The van der Waals surface area contributed by atoms with Crippen molar-refractivity contribution >= 4 is 57.7 Å². The number of H-pyrrole nitrogens is 2. The van der Waals surface area contributed by atoms with E-state index in [0.29, 0.717) is 0 Å². The number of aliphatic hydroxyl groups is 3. The Morgan fingerprint density at radius 1 is 0.833 bits per heavy atom. The number of hydrogen-bond donors (Lipinski definition) is 11. The van der Waals surface area contributed by atoms with Crippen molar-refractivity contribution in [1.29, 1.82) is 0 Å². The largest absolute Gasteiger partial charge is 0.472 e. The summed E-state index contributed by atoms with van der Waals surface area (Å²) in [5.74, 6) is -0.529. The van der Waals surface area contributed by atoms with Crippen molar-refractivity contribution in [3.63, 3.8) is 0 Å². The number of phosphoric ester groups is 3. The van der Waals surface area contributed by atoms with Gasteiger partial charge in [-0.05, 0) is 0 Å². The predicted molar refractivity (Wildman–Crippen MR) is 173 cm³/mol. The molecule has 5 rings (SSSR count). The molecule has 1 saturated heterocycles. The van der Waals surface area contributed by atoms with Crippen LogP contribution in [-0.4, -0.2) is 138 Å². The number of aromatic amines is 2. The maximum Gasteiger partial charge on any atom is 0.472 e. The molecule has 54 heavy (non-hydrogen) atoms. The second-order valence-corrected chi connectivity index (χ2v) is 15.1. The highest BCUT2D eigenvalue weighted by molar-refractivity contribution is 7.47. The molecular weight excluding hydrogens is 801 g/mol. The highest BCUT2D eigenvalue weighted by Crippen LogP contribution is 2.47. The fourth-order valence-corrected chi connectivity index (χ4v) is 6.85. The summed E-state index contributed by atoms with van der Waals surface area (Å²) < 4.78 is 73.0. The van der Waals surface area contributed by atoms with Gasteiger partial charge in [0.2, 0.25) is 11.9 Å². The second kappa shape index (κ2) is 16.7. The molecule has 4 aromatic heterocycles. The SMILES string of the molecule is Nc1nc2c(ncn2C(CO)OCCOP(=O)(O)OCC(COP(=O)(O)OC[C@H]2O[C@@H](n3cnc4c(=O)[nH]c(N)nc43)C(O)C2O)OP(=O)(O)O)c(=O)[nH]1. The minimum atomic E-state index is -5.37. The van der Waals surface area contributed by atoms with Crippen LogP contribution in [0.2, 0.25) is 0 Å². The molecule has 6 unspecified atom stereocenters. The Morgan fingerprint density at radius 3 is 2.02 bits per heavy atom. The van der Waals surface area contributed by atoms with Crippen molar-refractivity contribution in [1.82, 2.24) is 39.0 Å². The van der Waals surface area contributed by atoms with Crippen molar-refractivity contribution in [3.8, 4) is 0 Å². The van der Waals surface area contributed by atoms with Gasteiger partial charge in [-0.2, -0.15) is 9.97 Å². The molecule has 0 aliphatic carbocycles. The molecule has 1 aliphatic heterocycles. The number of nitrogen functional groups attached to an aromatic ring is 2. The van der Waals surface area contributed by atoms with Gasteiger partial charge in [0.15, 0.2) is 34.8 Å². The first-order chi connectivity index (χ1) is 25.3. The van der Waals surface area contributed by atoms with Crippen molar-refractivity contribution in [2.75, 3.05) is 51.1 Å². The first-order valence-corrected chi connectivity index (χ1v) is 19.5. The van der Waals surface area contributed by atoms with Crippen molar-refractivity contribution in [2.45, 2.75) is 36.9 Å². The van der Waals surface area contributed by atoms with E-state index in [0.717, 1.165) is 21.8 Å². The standard InChI is InChI=1S/C22H33N10O19P3/c23-21-27-16-12(18(36)29-21)25-7-31(16)11(3-33)45-1-2-46-53(41,42)47-4-9(51-52(38,39)40)5-48-54(43,44)49-6-10-14(34)15(35)20(50-10)32-8-26-13-17(32)28-22(24)30-19(13)37/h7-11,14-15,20,33-35H,1-6H2,(H,41,42)(H,43,44)(H2,38,39,40)(H3,23,27,29,36)(H3,24,28,30,37)/t9?,10-,11?,14?,15?,20-/m1/s1. The summed E-state index contributed by atoms with van der Waals surface area (Å²) in [7, 11) is -15.6. The van der Waals surface area contributed by atoms with Crippen LogP contribution >= 0.6 is 23.5 Å². The molecule has 1 aliphatic rings. The number of imidazole rings is 2. The van der Waals surface area contributed by atoms with E-state index in [1.165, 1.54) is 0 Å². The summed E-state index contributed by atoms with van der Waals surface area (Å²) in [6, 6.07) is 0. The van der Waals surface area contributed by atoms with Crippen molar-refractivity contribution in [3.05, 3.63) is 33.4 Å². The van der Waals surface area contributed by atoms with Crippen LogP contribution in [0, 0.1) is 0 Å². The Bertz CT molecular complexity index is 2210. The summed E-state index contributed by atoms with van der Waals surface area (Å²) in [4.78, 5) is 82.8. The van der Waals surface area contributed by atoms with Crippen molar-refractivity contribution < 1.29 is 80.7 Å². The number of nitrogens with one attached hydrogen (secondary N) is 2. The van der Waals surface area contributed by atoms with E-state index in [-0.39, 0.29) is 34.2 Å². The minimum Gasteiger partial charge on any atom is -0.392 e. The molecule has 13 N–H and O–H groups in total. The Balaban J connectivity index is 1.11. The van der Waals surface area contributed by atoms with Gasteiger partial charge >= 0.3 is 23.5 Å². The van der Waals surface area contributed by atoms with E-state index in [1.807, 2.05) is 0 Å². The van der Waals surface area contributed by atoms with E-state index in [4.69, 9.17) is 34.5 Å². The van der Waals surface area contributed by atoms with Gasteiger partial charge in [0.1, 0.15) is 24.4 Å². The van der Waals surface area contributed by atoms with E-state index in [2.05, 4.69) is 39.0 Å². The van der Waals surface area contributed by atoms with Crippen LogP contribution in [0.3, 0.4) is 0 Å². The fraction of sp³-hybridized carbons (Fsp3) is 0.545. The predicted octanol–water partition coefficient (Wildman–Crippen LogP) is -3.71. The Kier molecular flexibility index (Phi) is 12.8. The molecule has 4 aromatic rings. The summed E-state index contributed by atoms with van der Waals surface area (Å²) in [6.45, 7) is -5.09. The number of aromatic nitrogens is 8. The monoisotopic (exact) mass is 834 g/mol. The molecule has 1 fully saturated rings. The first-order valence-electron chi connectivity index (χ1n) is 14.9. The highest BCUT2D eigenvalue weighted by atomic mass is 31.2. The average molecular weight is 834 g/mol. The summed E-state index contributed by atoms with van der Waals surface area (Å²) >= 11 is 0. The van der Waals surface area contributed by atoms with Crippen LogP contribution in [-0.2, 0) is 45.8 Å². The molecule has 0 saturated carbocycles. The van der Waals surface area contributed by atoms with Gasteiger partial charge in [-0.25, -0.2) is 23.7 Å². The molecule has 0 spiro atoms. The molecule has 300 valence electrons. The number of anilines is 2. The molecule has 5 heterocycles. The number of ether oxygens (including phenoxy) is 2. The molecule has 0 amide bonds. The molecular formula is C22H33N10O19P3. The zero-order valence-electron chi connectivity index (χ0n) is 27.1. The van der Waals surface area contributed by atoms with Crippen LogP contribution in [0.25, 0.3) is 22.3 Å². The lowest BCUT2D eigenvalue weighted by molar-refractivity contribution is -0.0528. The quantitative estimate of drug-likeness (QED) is 0.0320. The number of hydrogen-bond acceptors (Lipinski definition) is 21. The summed E-state index contributed by atoms with van der Waals surface area (Å²) in [5.41, 5.74) is 9.30. The number of aliphatic hydroxyl groups excluding tert-OH is 3. The Hall–Kier alpha value is -3.57. The van der Waals surface area contributed by atoms with Gasteiger partial charge in [0.05, 0.1) is 52.3 Å². The van der Waals surface area contributed by atoms with E-state index in [9.17, 15) is 58.2 Å². The third kappa shape index (κ3) is 10.2. The minimum absolute atomic E-state index is 0.0383. The molecule has 32 heteroatoms. The fourth-order valence-electron chi connectivity index (χ4n) is 4.84. The number of nitrogens with two attached hydrogens (primary N) is 2. The van der Waals surface area contributed by atoms with Gasteiger partial charge in [-0.15, -0.1) is 0 Å². The van der Waals surface area contributed by atoms with Crippen LogP contribution in [0.1, 0.15) is 12.5 Å². The lowest BCUT2D eigenvalue weighted by Crippen LogP contribution is -2.33. The van der Waals surface area contributed by atoms with E-state index >= 15 is 0 Å². The Labute approximate surface area is 298 Å². The van der Waals surface area contributed by atoms with E-state index < -0.39 is 111 Å². The van der Waals surface area contributed by atoms with Gasteiger partial charge in [-0.1, -0.05) is 0 Å². The van der Waals surface area contributed by atoms with Gasteiger partial charge in [-0.3, -0.25) is 51.3 Å². The van der Waals surface area contributed by atoms with E-state index in [1.54, 1.807) is 0 Å². The van der Waals surface area contributed by atoms with Crippen LogP contribution in [0.15, 0.2) is 22.2 Å². The number of fused-ring (bicyclic) bond motifs is 2. The third-order valence-electron chi connectivity index (χ3n) is 7.16. The number of rotatable bonds is 19. The average Bonchev–Trinajstić information content (AvgIpc) is 3.77. The lowest BCUT2D eigenvalue weighted by Gasteiger charge is -2.22. The van der Waals surface area contributed by atoms with Crippen molar-refractivity contribution in [2.24, 2.45) is 0 Å². The normalized spacial score (nSPS) is 22.7. The van der Waals surface area contributed by atoms with Gasteiger partial charge < -0.3 is 55.8 Å². The molecule has 0 bridgehead atoms. The third-order valence-corrected chi connectivity index (χ3v) is 9.67. The van der Waals surface area contributed by atoms with Crippen LogP contribution < -0.4 is 22.6 Å². The molecule has 29 nitrogen and oxygen atoms in total. The van der Waals surface area contributed by atoms with Gasteiger partial charge in [0.25, 0.3) is 11.1 Å². The highest BCUT2D eigenvalue weighted by Gasteiger charge is 2.45. The van der Waals surface area contributed by atoms with Crippen LogP contribution in [0.4, 0.5) is 11.9 Å². The molecule has 0 radical (unpaired) electrons. The first kappa shape index (κ1) is 41.6. The number of phosphoric acid groups is 3. The summed E-state index contributed by atoms with van der Waals surface area (Å²) in [5, 5.41) is 30.8. The second-order valence-electron chi connectivity index (χ2n) is 11.0. The molecule has 0 aromatic carbocycles. The lowest BCUT2D eigenvalue weighted by atomic mass is 10.1. The smallest absolute Gasteiger partial charge is 0.392 e. The Morgan fingerprint density at radius 2 is 1.41 bits per heavy atom. The molecule has 8 atom stereocenters. The zero-order chi connectivity index (χ0) is 39.6.